The summed E-state index contributed by atoms with van der Waals surface area (Å²) in [7, 11) is 0. The lowest BCUT2D eigenvalue weighted by atomic mass is 9.72. The van der Waals surface area contributed by atoms with Gasteiger partial charge in [0.15, 0.2) is 0 Å². The van der Waals surface area contributed by atoms with Crippen molar-refractivity contribution in [3.8, 4) is 0 Å². The predicted molar refractivity (Wildman–Crippen MR) is 91.2 cm³/mol. The molecular weight excluding hydrogens is 284 g/mol. The number of benzene rings is 1. The predicted octanol–water partition coefficient (Wildman–Crippen LogP) is 4.81. The van der Waals surface area contributed by atoms with Gasteiger partial charge in [0.1, 0.15) is 5.60 Å². The second-order valence-corrected chi connectivity index (χ2v) is 8.54. The second-order valence-electron chi connectivity index (χ2n) is 8.54. The van der Waals surface area contributed by atoms with Crippen LogP contribution in [0.25, 0.3) is 0 Å². The van der Waals surface area contributed by atoms with Crippen LogP contribution in [-0.2, 0) is 9.53 Å². The first-order valence-electron chi connectivity index (χ1n) is 8.84. The van der Waals surface area contributed by atoms with Gasteiger partial charge in [-0.15, -0.1) is 0 Å². The molecule has 0 radical (unpaired) electrons. The Kier molecular flexibility index (Phi) is 3.23. The van der Waals surface area contributed by atoms with Crippen LogP contribution in [0.4, 0.5) is 0 Å². The molecule has 2 heteroatoms. The number of ether oxygens (including phenoxy) is 1. The fourth-order valence-corrected chi connectivity index (χ4v) is 5.35. The first-order valence-corrected chi connectivity index (χ1v) is 8.84. The van der Waals surface area contributed by atoms with E-state index in [1.54, 1.807) is 5.56 Å². The Morgan fingerprint density at radius 3 is 2.48 bits per heavy atom. The molecule has 3 aliphatic carbocycles. The van der Waals surface area contributed by atoms with E-state index in [0.717, 1.165) is 0 Å². The highest BCUT2D eigenvalue weighted by Gasteiger charge is 2.55. The lowest BCUT2D eigenvalue weighted by Crippen LogP contribution is -2.29. The maximum atomic E-state index is 12.4. The molecule has 3 aliphatic rings. The van der Waals surface area contributed by atoms with E-state index < -0.39 is 5.60 Å². The average molecular weight is 310 g/mol. The monoisotopic (exact) mass is 310 g/mol. The van der Waals surface area contributed by atoms with Crippen molar-refractivity contribution in [3.05, 3.63) is 47.0 Å². The van der Waals surface area contributed by atoms with Crippen molar-refractivity contribution < 1.29 is 9.53 Å². The van der Waals surface area contributed by atoms with Crippen LogP contribution in [0.1, 0.15) is 63.5 Å². The molecule has 0 spiro atoms. The molecule has 0 heterocycles. The van der Waals surface area contributed by atoms with E-state index in [2.05, 4.69) is 37.3 Å². The molecule has 0 unspecified atom stereocenters. The lowest BCUT2D eigenvalue weighted by Gasteiger charge is -2.32. The number of hydrogen-bond acceptors (Lipinski definition) is 2. The van der Waals surface area contributed by atoms with Gasteiger partial charge in [-0.2, -0.15) is 0 Å². The van der Waals surface area contributed by atoms with Crippen molar-refractivity contribution in [1.82, 2.24) is 0 Å². The molecule has 1 aromatic carbocycles. The zero-order valence-electron chi connectivity index (χ0n) is 14.5. The SMILES string of the molecule is CC1=C[C@@H]2[C@H]([C@@H]1CC(=O)OC(C)(C)C)[C@@H]1C[C@H]2c2ccccc21. The Morgan fingerprint density at radius 1 is 1.17 bits per heavy atom. The van der Waals surface area contributed by atoms with Gasteiger partial charge in [0.05, 0.1) is 6.42 Å². The smallest absolute Gasteiger partial charge is 0.306 e. The van der Waals surface area contributed by atoms with Crippen LogP contribution in [-0.4, -0.2) is 11.6 Å². The first-order chi connectivity index (χ1) is 10.8. The Labute approximate surface area is 138 Å². The summed E-state index contributed by atoms with van der Waals surface area (Å²) in [6, 6.07) is 8.93. The number of allylic oxidation sites excluding steroid dienone is 2. The van der Waals surface area contributed by atoms with E-state index in [9.17, 15) is 4.79 Å². The molecule has 0 aromatic heterocycles. The number of fused-ring (bicyclic) bond motifs is 8. The van der Waals surface area contributed by atoms with Crippen molar-refractivity contribution in [3.63, 3.8) is 0 Å². The zero-order valence-corrected chi connectivity index (χ0v) is 14.5. The van der Waals surface area contributed by atoms with Gasteiger partial charge in [-0.3, -0.25) is 4.79 Å². The molecule has 0 aliphatic heterocycles. The molecule has 5 atom stereocenters. The Bertz CT molecular complexity index is 679. The quantitative estimate of drug-likeness (QED) is 0.579. The topological polar surface area (TPSA) is 26.3 Å². The third-order valence-corrected chi connectivity index (χ3v) is 5.99. The third kappa shape index (κ3) is 2.34. The Morgan fingerprint density at radius 2 is 1.83 bits per heavy atom. The number of hydrogen-bond donors (Lipinski definition) is 0. The van der Waals surface area contributed by atoms with Gasteiger partial charge in [-0.05, 0) is 74.8 Å². The minimum atomic E-state index is -0.395. The summed E-state index contributed by atoms with van der Waals surface area (Å²) >= 11 is 0. The molecule has 0 amide bonds. The van der Waals surface area contributed by atoms with Crippen LogP contribution in [0.15, 0.2) is 35.9 Å². The minimum absolute atomic E-state index is 0.0491. The molecule has 2 nitrogen and oxygen atoms in total. The summed E-state index contributed by atoms with van der Waals surface area (Å²) in [6.45, 7) is 8.04. The lowest BCUT2D eigenvalue weighted by molar-refractivity contribution is -0.156. The van der Waals surface area contributed by atoms with E-state index in [1.807, 2.05) is 20.8 Å². The summed E-state index contributed by atoms with van der Waals surface area (Å²) in [5.41, 5.74) is 4.10. The summed E-state index contributed by atoms with van der Waals surface area (Å²) in [6.07, 6.45) is 4.26. The highest BCUT2D eigenvalue weighted by Crippen LogP contribution is 2.65. The van der Waals surface area contributed by atoms with E-state index in [4.69, 9.17) is 4.74 Å². The van der Waals surface area contributed by atoms with E-state index >= 15 is 0 Å². The van der Waals surface area contributed by atoms with Gasteiger partial charge in [-0.1, -0.05) is 35.9 Å². The normalized spacial score (nSPS) is 34.1. The summed E-state index contributed by atoms with van der Waals surface area (Å²) in [5.74, 6) is 2.83. The number of carbonyl (C=O) groups excluding carboxylic acids is 1. The second kappa shape index (κ2) is 4.96. The molecule has 2 bridgehead atoms. The van der Waals surface area contributed by atoms with Crippen molar-refractivity contribution in [2.24, 2.45) is 17.8 Å². The molecule has 1 aromatic rings. The number of esters is 1. The Balaban J connectivity index is 1.58. The average Bonchev–Trinajstić information content (AvgIpc) is 3.08. The molecule has 0 N–H and O–H groups in total. The first kappa shape index (κ1) is 15.0. The van der Waals surface area contributed by atoms with E-state index in [0.29, 0.717) is 36.0 Å². The largest absolute Gasteiger partial charge is 0.460 e. The zero-order chi connectivity index (χ0) is 16.4. The van der Waals surface area contributed by atoms with Gasteiger partial charge in [0, 0.05) is 0 Å². The van der Waals surface area contributed by atoms with Crippen LogP contribution in [0.2, 0.25) is 0 Å². The molecule has 23 heavy (non-hydrogen) atoms. The van der Waals surface area contributed by atoms with Crippen molar-refractivity contribution >= 4 is 5.97 Å². The molecular formula is C21H26O2. The summed E-state index contributed by atoms with van der Waals surface area (Å²) < 4.78 is 5.58. The summed E-state index contributed by atoms with van der Waals surface area (Å²) in [4.78, 5) is 12.4. The van der Waals surface area contributed by atoms with Crippen LogP contribution >= 0.6 is 0 Å². The van der Waals surface area contributed by atoms with Crippen molar-refractivity contribution in [2.75, 3.05) is 0 Å². The van der Waals surface area contributed by atoms with Crippen LogP contribution in [0.3, 0.4) is 0 Å². The summed E-state index contributed by atoms with van der Waals surface area (Å²) in [5, 5.41) is 0. The van der Waals surface area contributed by atoms with E-state index in [-0.39, 0.29) is 5.97 Å². The fraction of sp³-hybridized carbons (Fsp3) is 0.571. The highest BCUT2D eigenvalue weighted by atomic mass is 16.6. The van der Waals surface area contributed by atoms with Crippen LogP contribution < -0.4 is 0 Å². The third-order valence-electron chi connectivity index (χ3n) is 5.99. The van der Waals surface area contributed by atoms with Crippen molar-refractivity contribution in [2.45, 2.75) is 58.0 Å². The highest BCUT2D eigenvalue weighted by molar-refractivity contribution is 5.71. The van der Waals surface area contributed by atoms with Gasteiger partial charge < -0.3 is 4.74 Å². The molecule has 4 rings (SSSR count). The number of carbonyl (C=O) groups is 1. The van der Waals surface area contributed by atoms with Gasteiger partial charge in [0.25, 0.3) is 0 Å². The van der Waals surface area contributed by atoms with Crippen molar-refractivity contribution in [1.29, 1.82) is 0 Å². The van der Waals surface area contributed by atoms with Gasteiger partial charge in [0.2, 0.25) is 0 Å². The van der Waals surface area contributed by atoms with Crippen LogP contribution in [0.5, 0.6) is 0 Å². The van der Waals surface area contributed by atoms with Gasteiger partial charge >= 0.3 is 5.97 Å². The van der Waals surface area contributed by atoms with E-state index in [1.165, 1.54) is 17.6 Å². The maximum Gasteiger partial charge on any atom is 0.306 e. The minimum Gasteiger partial charge on any atom is -0.460 e. The van der Waals surface area contributed by atoms with Gasteiger partial charge in [-0.25, -0.2) is 0 Å². The molecule has 0 saturated heterocycles. The number of rotatable bonds is 2. The molecule has 1 saturated carbocycles. The maximum absolute atomic E-state index is 12.4. The molecule has 122 valence electrons. The fourth-order valence-electron chi connectivity index (χ4n) is 5.35. The Hall–Kier alpha value is -1.57. The molecule has 1 fully saturated rings. The van der Waals surface area contributed by atoms with Crippen LogP contribution in [0, 0.1) is 17.8 Å². The standard InChI is InChI=1S/C21H26O2/c1-12-9-17-16-10-18(14-8-6-5-7-13(14)16)20(17)15(12)11-19(22)23-21(2,3)4/h5-9,15-18,20H,10-11H2,1-4H3/t15-,16+,17+,18-,20+/m1/s1.